The molecule has 0 aliphatic heterocycles. The van der Waals surface area contributed by atoms with Gasteiger partial charge in [0.25, 0.3) is 0 Å². The summed E-state index contributed by atoms with van der Waals surface area (Å²) >= 11 is 3.47. The number of amides is 1. The number of carbonyl (C=O) groups is 1. The van der Waals surface area contributed by atoms with Gasteiger partial charge in [0.1, 0.15) is 5.69 Å². The van der Waals surface area contributed by atoms with Crippen LogP contribution in [0.2, 0.25) is 0 Å². The van der Waals surface area contributed by atoms with Crippen LogP contribution in [0.1, 0.15) is 24.7 Å². The highest BCUT2D eigenvalue weighted by Gasteiger charge is 2.10. The van der Waals surface area contributed by atoms with E-state index in [9.17, 15) is 4.79 Å². The molecule has 100 valence electrons. The molecule has 19 heavy (non-hydrogen) atoms. The average molecular weight is 323 g/mol. The summed E-state index contributed by atoms with van der Waals surface area (Å²) in [5, 5.41) is 6.50. The number of hydrogen-bond acceptors (Lipinski definition) is 3. The Morgan fingerprint density at radius 3 is 2.95 bits per heavy atom. The Labute approximate surface area is 120 Å². The molecule has 0 fully saturated rings. The summed E-state index contributed by atoms with van der Waals surface area (Å²) < 4.78 is 6.05. The standard InChI is InChI=1S/C14H15BrN2O2/c1-2-13-12(9-16-19-13)17-14(18)8-7-10-5-3-4-6-11(10)15/h3-6,9H,2,7-8H2,1H3,(H,17,18). The Bertz CT molecular complexity index is 566. The quantitative estimate of drug-likeness (QED) is 0.915. The van der Waals surface area contributed by atoms with Gasteiger partial charge in [-0.05, 0) is 18.1 Å². The van der Waals surface area contributed by atoms with Gasteiger partial charge in [-0.3, -0.25) is 4.79 Å². The van der Waals surface area contributed by atoms with Crippen LogP contribution in [0, 0.1) is 0 Å². The van der Waals surface area contributed by atoms with Crippen LogP contribution < -0.4 is 5.32 Å². The van der Waals surface area contributed by atoms with Gasteiger partial charge in [0.05, 0.1) is 6.20 Å². The largest absolute Gasteiger partial charge is 0.359 e. The molecule has 0 unspecified atom stereocenters. The minimum absolute atomic E-state index is 0.0337. The average Bonchev–Trinajstić information content (AvgIpc) is 2.85. The summed E-state index contributed by atoms with van der Waals surface area (Å²) in [6, 6.07) is 7.90. The number of halogens is 1. The first-order valence-corrected chi connectivity index (χ1v) is 6.96. The van der Waals surface area contributed by atoms with Crippen molar-refractivity contribution in [3.05, 3.63) is 46.3 Å². The highest BCUT2D eigenvalue weighted by atomic mass is 79.9. The lowest BCUT2D eigenvalue weighted by molar-refractivity contribution is -0.116. The molecule has 0 bridgehead atoms. The molecule has 0 atom stereocenters. The van der Waals surface area contributed by atoms with Crippen molar-refractivity contribution in [3.63, 3.8) is 0 Å². The van der Waals surface area contributed by atoms with Crippen molar-refractivity contribution < 1.29 is 9.32 Å². The molecule has 4 nitrogen and oxygen atoms in total. The maximum Gasteiger partial charge on any atom is 0.224 e. The van der Waals surface area contributed by atoms with Gasteiger partial charge in [0.15, 0.2) is 5.76 Å². The van der Waals surface area contributed by atoms with Crippen LogP contribution in [0.5, 0.6) is 0 Å². The fraction of sp³-hybridized carbons (Fsp3) is 0.286. The van der Waals surface area contributed by atoms with Crippen LogP contribution in [0.25, 0.3) is 0 Å². The SMILES string of the molecule is CCc1oncc1NC(=O)CCc1ccccc1Br. The van der Waals surface area contributed by atoms with E-state index < -0.39 is 0 Å². The van der Waals surface area contributed by atoms with E-state index in [2.05, 4.69) is 26.4 Å². The molecule has 1 aromatic heterocycles. The third-order valence-corrected chi connectivity index (χ3v) is 3.59. The number of carbonyl (C=O) groups excluding carboxylic acids is 1. The first-order valence-electron chi connectivity index (χ1n) is 6.17. The number of nitrogens with zero attached hydrogens (tertiary/aromatic N) is 1. The van der Waals surface area contributed by atoms with Crippen molar-refractivity contribution in [2.24, 2.45) is 0 Å². The van der Waals surface area contributed by atoms with Crippen molar-refractivity contribution in [3.8, 4) is 0 Å². The van der Waals surface area contributed by atoms with E-state index in [-0.39, 0.29) is 5.91 Å². The Balaban J connectivity index is 1.90. The zero-order valence-corrected chi connectivity index (χ0v) is 12.2. The number of rotatable bonds is 5. The molecule has 0 aliphatic carbocycles. The van der Waals surface area contributed by atoms with Gasteiger partial charge < -0.3 is 9.84 Å². The summed E-state index contributed by atoms with van der Waals surface area (Å²) in [6.45, 7) is 1.96. The second-order valence-electron chi connectivity index (χ2n) is 4.16. The monoisotopic (exact) mass is 322 g/mol. The van der Waals surface area contributed by atoms with Crippen molar-refractivity contribution in [1.29, 1.82) is 0 Å². The van der Waals surface area contributed by atoms with Gasteiger partial charge in [-0.2, -0.15) is 0 Å². The van der Waals surface area contributed by atoms with E-state index in [4.69, 9.17) is 4.52 Å². The Morgan fingerprint density at radius 1 is 1.42 bits per heavy atom. The molecular weight excluding hydrogens is 308 g/mol. The highest BCUT2D eigenvalue weighted by Crippen LogP contribution is 2.18. The maximum absolute atomic E-state index is 11.9. The minimum Gasteiger partial charge on any atom is -0.359 e. The van der Waals surface area contributed by atoms with Crippen LogP contribution in [-0.2, 0) is 17.6 Å². The van der Waals surface area contributed by atoms with E-state index in [1.165, 1.54) is 6.20 Å². The summed E-state index contributed by atoms with van der Waals surface area (Å²) in [7, 11) is 0. The van der Waals surface area contributed by atoms with E-state index in [0.29, 0.717) is 30.7 Å². The van der Waals surface area contributed by atoms with Gasteiger partial charge >= 0.3 is 0 Å². The number of aromatic nitrogens is 1. The number of nitrogens with one attached hydrogen (secondary N) is 1. The molecule has 5 heteroatoms. The lowest BCUT2D eigenvalue weighted by Gasteiger charge is -2.05. The predicted molar refractivity (Wildman–Crippen MR) is 77.0 cm³/mol. The number of anilines is 1. The van der Waals surface area contributed by atoms with E-state index in [1.807, 2.05) is 31.2 Å². The number of benzene rings is 1. The van der Waals surface area contributed by atoms with Gasteiger partial charge in [-0.25, -0.2) is 0 Å². The number of hydrogen-bond donors (Lipinski definition) is 1. The molecule has 0 radical (unpaired) electrons. The third kappa shape index (κ3) is 3.67. The molecule has 2 aromatic rings. The molecule has 1 aromatic carbocycles. The third-order valence-electron chi connectivity index (χ3n) is 2.82. The predicted octanol–water partition coefficient (Wildman–Crippen LogP) is 3.57. The summed E-state index contributed by atoms with van der Waals surface area (Å²) in [5.41, 5.74) is 1.79. The van der Waals surface area contributed by atoms with Crippen molar-refractivity contribution >= 4 is 27.5 Å². The first-order chi connectivity index (χ1) is 9.20. The Hall–Kier alpha value is -1.62. The van der Waals surface area contributed by atoms with E-state index in [0.717, 1.165) is 10.0 Å². The molecule has 0 saturated heterocycles. The second kappa shape index (κ2) is 6.52. The van der Waals surface area contributed by atoms with Crippen molar-refractivity contribution in [1.82, 2.24) is 5.16 Å². The molecule has 1 amide bonds. The Morgan fingerprint density at radius 2 is 2.21 bits per heavy atom. The highest BCUT2D eigenvalue weighted by molar-refractivity contribution is 9.10. The summed E-state index contributed by atoms with van der Waals surface area (Å²) in [4.78, 5) is 11.9. The second-order valence-corrected chi connectivity index (χ2v) is 5.01. The smallest absolute Gasteiger partial charge is 0.224 e. The summed E-state index contributed by atoms with van der Waals surface area (Å²) in [6.07, 6.45) is 3.37. The fourth-order valence-corrected chi connectivity index (χ4v) is 2.27. The van der Waals surface area contributed by atoms with Gasteiger partial charge in [-0.1, -0.05) is 46.2 Å². The van der Waals surface area contributed by atoms with Crippen LogP contribution in [0.15, 0.2) is 39.5 Å². The maximum atomic E-state index is 11.9. The van der Waals surface area contributed by atoms with E-state index >= 15 is 0 Å². The van der Waals surface area contributed by atoms with E-state index in [1.54, 1.807) is 0 Å². The summed E-state index contributed by atoms with van der Waals surface area (Å²) in [5.74, 6) is 0.669. The van der Waals surface area contributed by atoms with Crippen LogP contribution in [-0.4, -0.2) is 11.1 Å². The molecule has 0 saturated carbocycles. The molecule has 2 rings (SSSR count). The van der Waals surface area contributed by atoms with Gasteiger partial charge in [0, 0.05) is 17.3 Å². The molecule has 1 N–H and O–H groups in total. The normalized spacial score (nSPS) is 10.4. The minimum atomic E-state index is -0.0337. The van der Waals surface area contributed by atoms with Crippen LogP contribution in [0.3, 0.4) is 0 Å². The van der Waals surface area contributed by atoms with Gasteiger partial charge in [0.2, 0.25) is 5.91 Å². The van der Waals surface area contributed by atoms with Crippen LogP contribution >= 0.6 is 15.9 Å². The van der Waals surface area contributed by atoms with Gasteiger partial charge in [-0.15, -0.1) is 0 Å². The Kier molecular flexibility index (Phi) is 4.74. The van der Waals surface area contributed by atoms with Crippen LogP contribution in [0.4, 0.5) is 5.69 Å². The topological polar surface area (TPSA) is 55.1 Å². The molecule has 1 heterocycles. The molecule has 0 spiro atoms. The first kappa shape index (κ1) is 13.8. The fourth-order valence-electron chi connectivity index (χ4n) is 1.78. The number of aryl methyl sites for hydroxylation is 2. The molecule has 0 aliphatic rings. The molecular formula is C14H15BrN2O2. The van der Waals surface area contributed by atoms with Crippen molar-refractivity contribution in [2.45, 2.75) is 26.2 Å². The lowest BCUT2D eigenvalue weighted by atomic mass is 10.1. The zero-order valence-electron chi connectivity index (χ0n) is 10.6. The zero-order chi connectivity index (χ0) is 13.7. The lowest BCUT2D eigenvalue weighted by Crippen LogP contribution is -2.12. The van der Waals surface area contributed by atoms with Crippen molar-refractivity contribution in [2.75, 3.05) is 5.32 Å².